The number of carboxylic acids is 2. The summed E-state index contributed by atoms with van der Waals surface area (Å²) in [6.45, 7) is 14.7. The summed E-state index contributed by atoms with van der Waals surface area (Å²) in [5, 5.41) is 25.2. The van der Waals surface area contributed by atoms with Crippen molar-refractivity contribution in [2.75, 3.05) is 0 Å². The number of aliphatic hydroxyl groups excluding tert-OH is 1. The molecule has 5 aliphatic rings. The number of aliphatic carboxylic acids is 2. The first kappa shape index (κ1) is 30.4. The quantitative estimate of drug-likeness (QED) is 0.343. The molecule has 1 heterocycles. The summed E-state index contributed by atoms with van der Waals surface area (Å²) in [7, 11) is 0. The smallest absolute Gasteiger partial charge is 0.300 e. The van der Waals surface area contributed by atoms with E-state index < -0.39 is 11.9 Å². The topological polar surface area (TPSA) is 107 Å². The van der Waals surface area contributed by atoms with Gasteiger partial charge in [0.2, 0.25) is 0 Å². The molecule has 10 atom stereocenters. The molecule has 5 rings (SSSR count). The second-order valence-electron chi connectivity index (χ2n) is 14.0. The zero-order valence-corrected chi connectivity index (χ0v) is 24.5. The Morgan fingerprint density at radius 2 is 1.54 bits per heavy atom. The largest absolute Gasteiger partial charge is 0.481 e. The zero-order chi connectivity index (χ0) is 27.8. The van der Waals surface area contributed by atoms with E-state index in [-0.39, 0.29) is 11.7 Å². The van der Waals surface area contributed by atoms with Crippen LogP contribution in [0, 0.1) is 46.3 Å². The lowest BCUT2D eigenvalue weighted by Gasteiger charge is -2.59. The summed E-state index contributed by atoms with van der Waals surface area (Å²) >= 11 is 0. The van der Waals surface area contributed by atoms with E-state index in [0.29, 0.717) is 16.9 Å². The fraction of sp³-hybridized carbons (Fsp3) is 0.935. The minimum absolute atomic E-state index is 0.0434. The fourth-order valence-electron chi connectivity index (χ4n) is 9.68. The van der Waals surface area contributed by atoms with Crippen LogP contribution in [0.25, 0.3) is 0 Å². The number of aliphatic hydroxyl groups is 1. The molecule has 0 amide bonds. The van der Waals surface area contributed by atoms with E-state index in [2.05, 4.69) is 34.6 Å². The van der Waals surface area contributed by atoms with Gasteiger partial charge in [-0.3, -0.25) is 9.59 Å². The lowest BCUT2D eigenvalue weighted by Crippen LogP contribution is -2.58. The van der Waals surface area contributed by atoms with Crippen LogP contribution < -0.4 is 0 Å². The molecule has 4 aliphatic carbocycles. The molecule has 0 aromatic rings. The Hall–Kier alpha value is -1.14. The number of carbonyl (C=O) groups is 2. The van der Waals surface area contributed by atoms with Crippen LogP contribution in [-0.4, -0.2) is 45.1 Å². The van der Waals surface area contributed by atoms with Gasteiger partial charge in [0, 0.05) is 25.7 Å². The first-order valence-corrected chi connectivity index (χ1v) is 14.9. The van der Waals surface area contributed by atoms with Crippen LogP contribution in [0.4, 0.5) is 0 Å². The molecule has 0 radical (unpaired) electrons. The Morgan fingerprint density at radius 3 is 2.14 bits per heavy atom. The molecule has 3 N–H and O–H groups in total. The maximum absolute atomic E-state index is 10.4. The molecule has 1 spiro atoms. The summed E-state index contributed by atoms with van der Waals surface area (Å²) in [5.41, 5.74) is 0.932. The molecule has 0 aromatic heterocycles. The average molecular weight is 523 g/mol. The van der Waals surface area contributed by atoms with Crippen molar-refractivity contribution in [1.82, 2.24) is 0 Å². The number of ether oxygens (including phenoxy) is 1. The van der Waals surface area contributed by atoms with Crippen LogP contribution in [-0.2, 0) is 14.3 Å². The van der Waals surface area contributed by atoms with Crippen LogP contribution in [0.15, 0.2) is 0 Å². The third kappa shape index (κ3) is 6.05. The SMILES string of the molecule is CC(=O)O.CC(=O)O.CC(C)CCC[C@@H](C)[C@H]1CC[C@H]2[C@@H]3CC4OC45C[C@@H](O)CC[C@]5(C)[C@H]3CC[C@]12C. The number of carboxylic acid groups (broad SMARTS) is 2. The van der Waals surface area contributed by atoms with Gasteiger partial charge in [-0.05, 0) is 85.9 Å². The van der Waals surface area contributed by atoms with Gasteiger partial charge in [0.05, 0.1) is 12.2 Å². The maximum Gasteiger partial charge on any atom is 0.300 e. The number of epoxide rings is 1. The summed E-state index contributed by atoms with van der Waals surface area (Å²) < 4.78 is 6.51. The van der Waals surface area contributed by atoms with E-state index in [0.717, 1.165) is 62.2 Å². The molecule has 6 nitrogen and oxygen atoms in total. The number of fused-ring (bicyclic) bond motifs is 4. The van der Waals surface area contributed by atoms with Crippen molar-refractivity contribution >= 4 is 11.9 Å². The van der Waals surface area contributed by atoms with E-state index in [1.165, 1.54) is 57.8 Å². The standard InChI is InChI=1S/C27H46O2.2C2H4O2/c1-17(2)7-6-8-18(3)21-9-10-22-20-15-24-27(29-24)16-19(28)11-14-26(27,5)23(20)12-13-25(21,22)4;2*1-2(3)4/h17-24,28H,6-16H2,1-5H3;2*1H3,(H,3,4)/t18-,19+,20+,21-,22+,23+,24?,25-,26-,27?;;/m1../s1. The molecule has 1 saturated heterocycles. The van der Waals surface area contributed by atoms with Crippen LogP contribution in [0.1, 0.15) is 119 Å². The fourth-order valence-corrected chi connectivity index (χ4v) is 9.68. The second-order valence-corrected chi connectivity index (χ2v) is 14.0. The van der Waals surface area contributed by atoms with Crippen LogP contribution in [0.3, 0.4) is 0 Å². The van der Waals surface area contributed by atoms with Crippen molar-refractivity contribution in [2.24, 2.45) is 46.3 Å². The van der Waals surface area contributed by atoms with Crippen molar-refractivity contribution in [3.8, 4) is 0 Å². The van der Waals surface area contributed by atoms with Gasteiger partial charge in [-0.1, -0.05) is 53.9 Å². The normalized spacial score (nSPS) is 43.9. The number of hydrogen-bond donors (Lipinski definition) is 3. The van der Waals surface area contributed by atoms with Gasteiger partial charge in [-0.2, -0.15) is 0 Å². The first-order chi connectivity index (χ1) is 17.2. The van der Waals surface area contributed by atoms with E-state index in [9.17, 15) is 5.11 Å². The third-order valence-corrected chi connectivity index (χ3v) is 11.3. The minimum Gasteiger partial charge on any atom is -0.481 e. The molecule has 0 aromatic carbocycles. The molecule has 6 heteroatoms. The Morgan fingerprint density at radius 1 is 0.919 bits per heavy atom. The lowest BCUT2D eigenvalue weighted by atomic mass is 9.44. The Bertz CT molecular complexity index is 792. The van der Waals surface area contributed by atoms with Gasteiger partial charge in [-0.15, -0.1) is 0 Å². The molecule has 1 aliphatic heterocycles. The summed E-state index contributed by atoms with van der Waals surface area (Å²) in [6.07, 6.45) is 14.8. The first-order valence-electron chi connectivity index (χ1n) is 14.9. The lowest BCUT2D eigenvalue weighted by molar-refractivity contribution is -0.135. The minimum atomic E-state index is -0.833. The average Bonchev–Trinajstić information content (AvgIpc) is 3.33. The highest BCUT2D eigenvalue weighted by molar-refractivity contribution is 5.63. The molecule has 214 valence electrons. The van der Waals surface area contributed by atoms with E-state index in [4.69, 9.17) is 24.5 Å². The number of rotatable bonds is 5. The molecule has 37 heavy (non-hydrogen) atoms. The molecule has 2 unspecified atom stereocenters. The van der Waals surface area contributed by atoms with Gasteiger partial charge in [-0.25, -0.2) is 0 Å². The van der Waals surface area contributed by atoms with Crippen molar-refractivity contribution in [1.29, 1.82) is 0 Å². The van der Waals surface area contributed by atoms with E-state index in [1.807, 2.05) is 0 Å². The second kappa shape index (κ2) is 11.5. The van der Waals surface area contributed by atoms with Crippen molar-refractivity contribution in [2.45, 2.75) is 137 Å². The monoisotopic (exact) mass is 522 g/mol. The molecule has 0 bridgehead atoms. The Labute approximate surface area is 224 Å². The maximum atomic E-state index is 10.4. The van der Waals surface area contributed by atoms with Crippen molar-refractivity contribution in [3.63, 3.8) is 0 Å². The summed E-state index contributed by atoms with van der Waals surface area (Å²) in [6, 6.07) is 0. The van der Waals surface area contributed by atoms with Crippen molar-refractivity contribution in [3.05, 3.63) is 0 Å². The van der Waals surface area contributed by atoms with Gasteiger partial charge in [0.1, 0.15) is 5.60 Å². The zero-order valence-electron chi connectivity index (χ0n) is 24.5. The molecular weight excluding hydrogens is 468 g/mol. The highest BCUT2D eigenvalue weighted by Crippen LogP contribution is 2.74. The highest BCUT2D eigenvalue weighted by Gasteiger charge is 2.76. The Balaban J connectivity index is 0.000000420. The molecule has 5 fully saturated rings. The van der Waals surface area contributed by atoms with Crippen LogP contribution >= 0.6 is 0 Å². The van der Waals surface area contributed by atoms with Gasteiger partial charge in [0.15, 0.2) is 0 Å². The number of hydrogen-bond acceptors (Lipinski definition) is 4. The highest BCUT2D eigenvalue weighted by atomic mass is 16.6. The predicted molar refractivity (Wildman–Crippen MR) is 145 cm³/mol. The summed E-state index contributed by atoms with van der Waals surface area (Å²) in [5.74, 6) is 3.64. The van der Waals surface area contributed by atoms with Gasteiger partial charge >= 0.3 is 0 Å². The predicted octanol–water partition coefficient (Wildman–Crippen LogP) is 6.78. The molecule has 4 saturated carbocycles. The van der Waals surface area contributed by atoms with Crippen LogP contribution in [0.2, 0.25) is 0 Å². The van der Waals surface area contributed by atoms with E-state index in [1.54, 1.807) is 0 Å². The van der Waals surface area contributed by atoms with Gasteiger partial charge in [0.25, 0.3) is 11.9 Å². The van der Waals surface area contributed by atoms with Gasteiger partial charge < -0.3 is 20.1 Å². The third-order valence-electron chi connectivity index (χ3n) is 11.3. The van der Waals surface area contributed by atoms with Crippen molar-refractivity contribution < 1.29 is 29.6 Å². The molecular formula is C31H54O6. The Kier molecular flexibility index (Phi) is 9.48. The van der Waals surface area contributed by atoms with Crippen LogP contribution in [0.5, 0.6) is 0 Å². The van der Waals surface area contributed by atoms with E-state index >= 15 is 0 Å². The summed E-state index contributed by atoms with van der Waals surface area (Å²) in [4.78, 5) is 18.0.